The Bertz CT molecular complexity index is 485. The van der Waals surface area contributed by atoms with Gasteiger partial charge in [0, 0.05) is 12.1 Å². The van der Waals surface area contributed by atoms with E-state index in [9.17, 15) is 10.1 Å². The van der Waals surface area contributed by atoms with E-state index >= 15 is 0 Å². The van der Waals surface area contributed by atoms with Crippen LogP contribution in [0, 0.1) is 10.1 Å². The lowest BCUT2D eigenvalue weighted by atomic mass is 10.1. The average Bonchev–Trinajstić information content (AvgIpc) is 2.67. The molecule has 0 amide bonds. The molecule has 0 aliphatic heterocycles. The zero-order valence-corrected chi connectivity index (χ0v) is 12.1. The van der Waals surface area contributed by atoms with Gasteiger partial charge in [-0.1, -0.05) is 37.8 Å². The third-order valence-electron chi connectivity index (χ3n) is 3.54. The Kier molecular flexibility index (Phi) is 5.29. The van der Waals surface area contributed by atoms with Crippen LogP contribution in [0.3, 0.4) is 0 Å². The molecule has 1 fully saturated rings. The smallest absolute Gasteiger partial charge is 0.292 e. The van der Waals surface area contributed by atoms with E-state index in [1.807, 2.05) is 0 Å². The van der Waals surface area contributed by atoms with Gasteiger partial charge in [0.25, 0.3) is 5.69 Å². The lowest BCUT2D eigenvalue weighted by Gasteiger charge is -2.18. The molecule has 1 aromatic carbocycles. The summed E-state index contributed by atoms with van der Waals surface area (Å²) < 4.78 is 0. The van der Waals surface area contributed by atoms with Crippen LogP contribution in [0.1, 0.15) is 38.5 Å². The number of hydrogen-bond acceptors (Lipinski definition) is 3. The van der Waals surface area contributed by atoms with Crippen LogP contribution in [0.25, 0.3) is 0 Å². The van der Waals surface area contributed by atoms with E-state index in [0.29, 0.717) is 16.8 Å². The van der Waals surface area contributed by atoms with Gasteiger partial charge in [0.15, 0.2) is 5.11 Å². The molecule has 0 unspecified atom stereocenters. The van der Waals surface area contributed by atoms with E-state index in [0.717, 1.165) is 12.8 Å². The Morgan fingerprint density at radius 3 is 2.50 bits per heavy atom. The number of rotatable bonds is 3. The number of nitrogens with one attached hydrogen (secondary N) is 2. The summed E-state index contributed by atoms with van der Waals surface area (Å²) in [5.41, 5.74) is 0.473. The first-order valence-electron chi connectivity index (χ1n) is 6.98. The Hall–Kier alpha value is -1.69. The first-order valence-corrected chi connectivity index (χ1v) is 7.38. The van der Waals surface area contributed by atoms with Crippen LogP contribution in [0.5, 0.6) is 0 Å². The van der Waals surface area contributed by atoms with Crippen LogP contribution < -0.4 is 10.6 Å². The number of thiocarbonyl (C=S) groups is 1. The van der Waals surface area contributed by atoms with Gasteiger partial charge >= 0.3 is 0 Å². The lowest BCUT2D eigenvalue weighted by Crippen LogP contribution is -2.37. The van der Waals surface area contributed by atoms with Crippen molar-refractivity contribution in [2.75, 3.05) is 5.32 Å². The van der Waals surface area contributed by atoms with Crippen molar-refractivity contribution in [3.05, 3.63) is 34.4 Å². The van der Waals surface area contributed by atoms with Crippen molar-refractivity contribution < 1.29 is 4.92 Å². The molecular formula is C14H19N3O2S. The van der Waals surface area contributed by atoms with Gasteiger partial charge in [0.2, 0.25) is 0 Å². The summed E-state index contributed by atoms with van der Waals surface area (Å²) in [5, 5.41) is 17.6. The average molecular weight is 293 g/mol. The molecule has 0 saturated heterocycles. The zero-order chi connectivity index (χ0) is 14.4. The Morgan fingerprint density at radius 2 is 1.85 bits per heavy atom. The standard InChI is InChI=1S/C14H19N3O2S/c18-17(19)13-10-6-5-9-12(13)16-14(20)15-11-7-3-1-2-4-8-11/h5-6,9-11H,1-4,7-8H2,(H2,15,16,20). The number of anilines is 1. The summed E-state index contributed by atoms with van der Waals surface area (Å²) >= 11 is 5.26. The predicted molar refractivity (Wildman–Crippen MR) is 83.9 cm³/mol. The zero-order valence-electron chi connectivity index (χ0n) is 11.3. The minimum Gasteiger partial charge on any atom is -0.360 e. The molecule has 0 heterocycles. The molecule has 1 aliphatic carbocycles. The minimum absolute atomic E-state index is 0.0394. The second-order valence-corrected chi connectivity index (χ2v) is 5.47. The molecule has 5 nitrogen and oxygen atoms in total. The van der Waals surface area contributed by atoms with Crippen LogP contribution >= 0.6 is 12.2 Å². The second kappa shape index (κ2) is 7.19. The van der Waals surface area contributed by atoms with Crippen molar-refractivity contribution in [3.63, 3.8) is 0 Å². The van der Waals surface area contributed by atoms with Crippen molar-refractivity contribution in [3.8, 4) is 0 Å². The van der Waals surface area contributed by atoms with Gasteiger partial charge in [-0.05, 0) is 31.1 Å². The number of benzene rings is 1. The van der Waals surface area contributed by atoms with E-state index in [2.05, 4.69) is 10.6 Å². The first-order chi connectivity index (χ1) is 9.66. The summed E-state index contributed by atoms with van der Waals surface area (Å²) in [6.45, 7) is 0. The van der Waals surface area contributed by atoms with Gasteiger partial charge in [-0.2, -0.15) is 0 Å². The Labute approximate surface area is 123 Å². The van der Waals surface area contributed by atoms with E-state index < -0.39 is 4.92 Å². The normalized spacial score (nSPS) is 16.2. The van der Waals surface area contributed by atoms with Crippen LogP contribution in [0.15, 0.2) is 24.3 Å². The van der Waals surface area contributed by atoms with Gasteiger partial charge < -0.3 is 10.6 Å². The number of nitro groups is 1. The fourth-order valence-electron chi connectivity index (χ4n) is 2.51. The lowest BCUT2D eigenvalue weighted by molar-refractivity contribution is -0.383. The molecular weight excluding hydrogens is 274 g/mol. The molecule has 2 rings (SSSR count). The number of hydrogen-bond donors (Lipinski definition) is 2. The van der Waals surface area contributed by atoms with Gasteiger partial charge in [-0.15, -0.1) is 0 Å². The monoisotopic (exact) mass is 293 g/mol. The van der Waals surface area contributed by atoms with E-state index in [1.54, 1.807) is 18.2 Å². The number of para-hydroxylation sites is 2. The van der Waals surface area contributed by atoms with Crippen molar-refractivity contribution in [2.24, 2.45) is 0 Å². The Morgan fingerprint density at radius 1 is 1.20 bits per heavy atom. The molecule has 6 heteroatoms. The van der Waals surface area contributed by atoms with E-state index in [1.165, 1.54) is 31.7 Å². The first kappa shape index (κ1) is 14.7. The minimum atomic E-state index is -0.406. The molecule has 0 bridgehead atoms. The second-order valence-electron chi connectivity index (χ2n) is 5.06. The third-order valence-corrected chi connectivity index (χ3v) is 3.76. The summed E-state index contributed by atoms with van der Waals surface area (Å²) in [7, 11) is 0. The third kappa shape index (κ3) is 4.16. The van der Waals surface area contributed by atoms with Gasteiger partial charge in [-0.3, -0.25) is 10.1 Å². The highest BCUT2D eigenvalue weighted by Gasteiger charge is 2.16. The largest absolute Gasteiger partial charge is 0.360 e. The van der Waals surface area contributed by atoms with Crippen molar-refractivity contribution >= 4 is 28.7 Å². The molecule has 0 aromatic heterocycles. The summed E-state index contributed by atoms with van der Waals surface area (Å²) in [6, 6.07) is 6.91. The maximum atomic E-state index is 10.9. The van der Waals surface area contributed by atoms with E-state index in [4.69, 9.17) is 12.2 Å². The maximum absolute atomic E-state index is 10.9. The van der Waals surface area contributed by atoms with Crippen molar-refractivity contribution in [1.29, 1.82) is 0 Å². The summed E-state index contributed by atoms with van der Waals surface area (Å²) in [4.78, 5) is 10.5. The van der Waals surface area contributed by atoms with Crippen molar-refractivity contribution in [2.45, 2.75) is 44.6 Å². The summed E-state index contributed by atoms with van der Waals surface area (Å²) in [6.07, 6.45) is 7.21. The highest BCUT2D eigenvalue weighted by atomic mass is 32.1. The molecule has 108 valence electrons. The van der Waals surface area contributed by atoms with Gasteiger partial charge in [0.05, 0.1) is 4.92 Å². The SMILES string of the molecule is O=[N+]([O-])c1ccccc1NC(=S)NC1CCCCCC1. The van der Waals surface area contributed by atoms with E-state index in [-0.39, 0.29) is 5.69 Å². The molecule has 0 atom stereocenters. The van der Waals surface area contributed by atoms with Crippen LogP contribution in [-0.4, -0.2) is 16.1 Å². The highest BCUT2D eigenvalue weighted by Crippen LogP contribution is 2.23. The number of nitro benzene ring substituents is 1. The van der Waals surface area contributed by atoms with Crippen LogP contribution in [0.4, 0.5) is 11.4 Å². The molecule has 1 aliphatic rings. The molecule has 1 saturated carbocycles. The summed E-state index contributed by atoms with van der Waals surface area (Å²) in [5.74, 6) is 0. The molecule has 2 N–H and O–H groups in total. The Balaban J connectivity index is 1.95. The molecule has 0 spiro atoms. The fraction of sp³-hybridized carbons (Fsp3) is 0.500. The molecule has 0 radical (unpaired) electrons. The van der Waals surface area contributed by atoms with Gasteiger partial charge in [0.1, 0.15) is 5.69 Å². The number of nitrogens with zero attached hydrogens (tertiary/aromatic N) is 1. The fourth-order valence-corrected chi connectivity index (χ4v) is 2.78. The molecule has 1 aromatic rings. The van der Waals surface area contributed by atoms with Crippen molar-refractivity contribution in [1.82, 2.24) is 5.32 Å². The predicted octanol–water partition coefficient (Wildman–Crippen LogP) is 3.60. The maximum Gasteiger partial charge on any atom is 0.292 e. The molecule has 20 heavy (non-hydrogen) atoms. The van der Waals surface area contributed by atoms with Crippen LogP contribution in [0.2, 0.25) is 0 Å². The topological polar surface area (TPSA) is 67.2 Å². The highest BCUT2D eigenvalue weighted by molar-refractivity contribution is 7.80. The quantitative estimate of drug-likeness (QED) is 0.386. The van der Waals surface area contributed by atoms with Crippen LogP contribution in [-0.2, 0) is 0 Å². The van der Waals surface area contributed by atoms with Gasteiger partial charge in [-0.25, -0.2) is 0 Å².